The minimum Gasteiger partial charge on any atom is -0.508 e. The van der Waals surface area contributed by atoms with Crippen molar-refractivity contribution in [2.75, 3.05) is 7.11 Å². The molecule has 0 spiro atoms. The number of β-lactam (4-membered cyclic amide) rings is 1. The van der Waals surface area contributed by atoms with E-state index in [1.807, 2.05) is 0 Å². The Bertz CT molecular complexity index is 798. The van der Waals surface area contributed by atoms with E-state index in [9.17, 15) is 24.6 Å². The van der Waals surface area contributed by atoms with E-state index in [-0.39, 0.29) is 5.75 Å². The van der Waals surface area contributed by atoms with E-state index < -0.39 is 45.7 Å². The number of methoxy groups -OCH3 is 1. The number of aliphatic carboxylic acids is 1. The number of nitrogens with two attached hydrogens (primary N) is 1. The molecule has 2 aliphatic heterocycles. The van der Waals surface area contributed by atoms with Gasteiger partial charge in [-0.3, -0.25) is 14.5 Å². The van der Waals surface area contributed by atoms with Gasteiger partial charge in [0.05, 0.1) is 4.75 Å². The molecular weight excluding hydrogens is 374 g/mol. The Kier molecular flexibility index (Phi) is 4.61. The first-order valence-corrected chi connectivity index (χ1v) is 9.08. The number of aromatic hydroxyl groups is 1. The summed E-state index contributed by atoms with van der Waals surface area (Å²) in [5.74, 6) is -2.58. The van der Waals surface area contributed by atoms with Gasteiger partial charge < -0.3 is 26.0 Å². The van der Waals surface area contributed by atoms with Crippen LogP contribution in [-0.2, 0) is 19.1 Å². The van der Waals surface area contributed by atoms with E-state index in [1.165, 1.54) is 43.1 Å². The number of nitrogens with zero attached hydrogens (tertiary/aromatic N) is 1. The fraction of sp³-hybridized carbons (Fsp3) is 0.471. The van der Waals surface area contributed by atoms with E-state index >= 15 is 0 Å². The van der Waals surface area contributed by atoms with Gasteiger partial charge >= 0.3 is 5.97 Å². The summed E-state index contributed by atoms with van der Waals surface area (Å²) < 4.78 is 4.11. The number of hydrogen-bond acceptors (Lipinski definition) is 7. The topological polar surface area (TPSA) is 142 Å². The highest BCUT2D eigenvalue weighted by atomic mass is 32.2. The summed E-state index contributed by atoms with van der Waals surface area (Å²) >= 11 is 1.25. The number of hydrogen-bond donors (Lipinski definition) is 4. The number of benzene rings is 1. The number of phenols is 1. The average molecular weight is 395 g/mol. The van der Waals surface area contributed by atoms with Crippen molar-refractivity contribution >= 4 is 29.5 Å². The largest absolute Gasteiger partial charge is 0.508 e. The van der Waals surface area contributed by atoms with Crippen LogP contribution in [0.2, 0.25) is 0 Å². The molecule has 0 radical (unpaired) electrons. The maximum atomic E-state index is 12.8. The van der Waals surface area contributed by atoms with Gasteiger partial charge in [-0.25, -0.2) is 4.79 Å². The third-order valence-electron chi connectivity index (χ3n) is 5.04. The van der Waals surface area contributed by atoms with E-state index in [0.717, 1.165) is 4.90 Å². The smallest absolute Gasteiger partial charge is 0.352 e. The highest BCUT2D eigenvalue weighted by molar-refractivity contribution is 8.01. The van der Waals surface area contributed by atoms with Crippen LogP contribution in [0.25, 0.3) is 0 Å². The molecule has 27 heavy (non-hydrogen) atoms. The van der Waals surface area contributed by atoms with E-state index in [4.69, 9.17) is 10.5 Å². The number of carboxylic acids is 1. The quantitative estimate of drug-likeness (QED) is 0.510. The molecule has 0 bridgehead atoms. The van der Waals surface area contributed by atoms with Crippen LogP contribution in [0.15, 0.2) is 24.3 Å². The fourth-order valence-electron chi connectivity index (χ4n) is 3.52. The maximum Gasteiger partial charge on any atom is 0.352 e. The van der Waals surface area contributed by atoms with Crippen molar-refractivity contribution in [1.29, 1.82) is 0 Å². The van der Waals surface area contributed by atoms with Crippen molar-refractivity contribution in [3.8, 4) is 5.75 Å². The maximum absolute atomic E-state index is 12.8. The molecule has 2 heterocycles. The number of carboxylic acid groups (broad SMARTS) is 1. The molecule has 3 rings (SSSR count). The molecule has 0 aliphatic carbocycles. The predicted molar refractivity (Wildman–Crippen MR) is 96.6 cm³/mol. The van der Waals surface area contributed by atoms with Crippen molar-refractivity contribution < 1.29 is 29.3 Å². The number of carbonyl (C=O) groups is 3. The second-order valence-corrected chi connectivity index (χ2v) is 8.70. The Morgan fingerprint density at radius 2 is 1.93 bits per heavy atom. The average Bonchev–Trinajstić information content (AvgIpc) is 2.80. The van der Waals surface area contributed by atoms with Gasteiger partial charge in [-0.1, -0.05) is 12.1 Å². The number of phenolic OH excluding ortho intramolecular Hbond substituents is 1. The molecule has 10 heteroatoms. The second kappa shape index (κ2) is 6.39. The number of carbonyl (C=O) groups excluding carboxylic acids is 2. The Balaban J connectivity index is 1.93. The molecule has 0 aromatic heterocycles. The van der Waals surface area contributed by atoms with Crippen LogP contribution in [0, 0.1) is 0 Å². The lowest BCUT2D eigenvalue weighted by atomic mass is 9.88. The molecule has 5 N–H and O–H groups in total. The third kappa shape index (κ3) is 2.67. The minimum absolute atomic E-state index is 0.0151. The van der Waals surface area contributed by atoms with Gasteiger partial charge in [0, 0.05) is 7.11 Å². The number of fused-ring (bicyclic) bond motifs is 1. The van der Waals surface area contributed by atoms with Crippen molar-refractivity contribution in [2.24, 2.45) is 5.73 Å². The van der Waals surface area contributed by atoms with Crippen LogP contribution in [0.3, 0.4) is 0 Å². The summed E-state index contributed by atoms with van der Waals surface area (Å²) in [5.41, 5.74) is 4.42. The molecule has 4 atom stereocenters. The van der Waals surface area contributed by atoms with Crippen LogP contribution in [-0.4, -0.2) is 61.9 Å². The van der Waals surface area contributed by atoms with E-state index in [2.05, 4.69) is 5.32 Å². The number of ether oxygens (including phenoxy) is 1. The van der Waals surface area contributed by atoms with E-state index in [1.54, 1.807) is 13.8 Å². The van der Waals surface area contributed by atoms with Gasteiger partial charge in [0.15, 0.2) is 6.10 Å². The van der Waals surface area contributed by atoms with Crippen molar-refractivity contribution in [3.05, 3.63) is 29.8 Å². The molecule has 2 saturated heterocycles. The van der Waals surface area contributed by atoms with Crippen LogP contribution in [0.1, 0.15) is 25.5 Å². The molecule has 1 unspecified atom stereocenters. The van der Waals surface area contributed by atoms with Crippen LogP contribution in [0.4, 0.5) is 0 Å². The van der Waals surface area contributed by atoms with Crippen molar-refractivity contribution in [2.45, 2.75) is 41.8 Å². The molecule has 1 aromatic rings. The number of thioether (sulfide) groups is 1. The first-order valence-electron chi connectivity index (χ1n) is 8.20. The van der Waals surface area contributed by atoms with Crippen molar-refractivity contribution in [3.63, 3.8) is 0 Å². The second-order valence-electron chi connectivity index (χ2n) is 6.96. The van der Waals surface area contributed by atoms with Gasteiger partial charge in [0.25, 0.3) is 5.91 Å². The predicted octanol–water partition coefficient (Wildman–Crippen LogP) is -0.00220. The summed E-state index contributed by atoms with van der Waals surface area (Å²) in [4.78, 5) is 38.7. The molecular formula is C17H21N3O6S. The van der Waals surface area contributed by atoms with Crippen LogP contribution in [0.5, 0.6) is 5.75 Å². The monoisotopic (exact) mass is 395 g/mol. The highest BCUT2D eigenvalue weighted by Crippen LogP contribution is 2.56. The lowest BCUT2D eigenvalue weighted by molar-refractivity contribution is -0.187. The summed E-state index contributed by atoms with van der Waals surface area (Å²) in [7, 11) is 1.38. The SMILES string of the molecule is CO[C@@H]1C(=O)N2[C@@H]1SC(C)(C)[C@]2(NC(=O)C(N)c1ccc(O)cc1)C(=O)O. The zero-order valence-corrected chi connectivity index (χ0v) is 15.8. The fourth-order valence-corrected chi connectivity index (χ4v) is 5.25. The zero-order valence-electron chi connectivity index (χ0n) is 15.0. The van der Waals surface area contributed by atoms with Gasteiger partial charge in [-0.2, -0.15) is 0 Å². The van der Waals surface area contributed by atoms with Gasteiger partial charge in [-0.15, -0.1) is 11.8 Å². The Labute approximate surface area is 159 Å². The Morgan fingerprint density at radius 3 is 2.44 bits per heavy atom. The molecule has 2 fully saturated rings. The number of amides is 2. The summed E-state index contributed by atoms with van der Waals surface area (Å²) in [5, 5.41) is 21.3. The zero-order chi connectivity index (χ0) is 20.1. The molecule has 146 valence electrons. The Morgan fingerprint density at radius 1 is 1.33 bits per heavy atom. The molecule has 9 nitrogen and oxygen atoms in total. The lowest BCUT2D eigenvalue weighted by Crippen LogP contribution is -2.78. The third-order valence-corrected chi connectivity index (χ3v) is 6.63. The highest BCUT2D eigenvalue weighted by Gasteiger charge is 2.74. The summed E-state index contributed by atoms with van der Waals surface area (Å²) in [6.45, 7) is 3.30. The standard InChI is InChI=1S/C17H21N3O6S/c1-16(2)17(15(24)25,20-13(23)11(26-3)14(20)27-16)19-12(22)10(18)8-4-6-9(21)7-5-8/h4-7,10-11,14,21H,18H2,1-3H3,(H,19,22)(H,24,25)/t10?,11-,14-,17+/m1/s1. The van der Waals surface area contributed by atoms with Crippen molar-refractivity contribution in [1.82, 2.24) is 10.2 Å². The molecule has 2 aliphatic rings. The van der Waals surface area contributed by atoms with Gasteiger partial charge in [-0.05, 0) is 31.5 Å². The lowest BCUT2D eigenvalue weighted by Gasteiger charge is -2.49. The number of rotatable bonds is 5. The van der Waals surface area contributed by atoms with Crippen LogP contribution >= 0.6 is 11.8 Å². The first kappa shape index (κ1) is 19.5. The molecule has 0 saturated carbocycles. The number of nitrogens with one attached hydrogen (secondary N) is 1. The van der Waals surface area contributed by atoms with Crippen LogP contribution < -0.4 is 11.1 Å². The van der Waals surface area contributed by atoms with E-state index in [0.29, 0.717) is 5.56 Å². The summed E-state index contributed by atoms with van der Waals surface area (Å²) in [6.07, 6.45) is -0.752. The van der Waals surface area contributed by atoms with Gasteiger partial charge in [0.2, 0.25) is 11.6 Å². The van der Waals surface area contributed by atoms with Gasteiger partial charge in [0.1, 0.15) is 17.2 Å². The summed E-state index contributed by atoms with van der Waals surface area (Å²) in [6, 6.07) is 4.53. The molecule has 1 aromatic carbocycles. The molecule has 2 amide bonds. The normalized spacial score (nSPS) is 29.6. The Hall–Kier alpha value is -2.30. The minimum atomic E-state index is -1.96. The first-order chi connectivity index (χ1) is 12.6.